The molecule has 1 atom stereocenters. The number of morpholine rings is 1. The molecular formula is C24H22F3N7O2. The monoisotopic (exact) mass is 497 g/mol. The van der Waals surface area contributed by atoms with Crippen molar-refractivity contribution < 1.29 is 17.9 Å². The SMILES string of the molecule is Cc1cc([C@@H]2CN(c3nc(-c4ccc(C(F)(F)F)nc4)c4nc(C)n(C)c(=O)c4n3)CCO2)ccn1. The summed E-state index contributed by atoms with van der Waals surface area (Å²) in [5, 5.41) is 0. The van der Waals surface area contributed by atoms with Crippen LogP contribution in [-0.2, 0) is 18.0 Å². The number of pyridine rings is 2. The van der Waals surface area contributed by atoms with E-state index in [1.54, 1.807) is 20.2 Å². The first-order chi connectivity index (χ1) is 17.1. The number of ether oxygens (including phenoxy) is 1. The Bertz CT molecular complexity index is 1500. The van der Waals surface area contributed by atoms with Crippen LogP contribution >= 0.6 is 0 Å². The van der Waals surface area contributed by atoms with Crippen LogP contribution in [0.25, 0.3) is 22.3 Å². The number of fused-ring (bicyclic) bond motifs is 1. The third-order valence-corrected chi connectivity index (χ3v) is 6.11. The molecule has 0 spiro atoms. The lowest BCUT2D eigenvalue weighted by Crippen LogP contribution is -2.39. The molecule has 5 heterocycles. The first-order valence-corrected chi connectivity index (χ1v) is 11.2. The molecule has 0 radical (unpaired) electrons. The van der Waals surface area contributed by atoms with Crippen LogP contribution in [0.1, 0.15) is 28.9 Å². The van der Waals surface area contributed by atoms with Crippen molar-refractivity contribution in [1.82, 2.24) is 29.5 Å². The van der Waals surface area contributed by atoms with E-state index >= 15 is 0 Å². The maximum atomic E-state index is 13.1. The summed E-state index contributed by atoms with van der Waals surface area (Å²) in [6, 6.07) is 5.98. The summed E-state index contributed by atoms with van der Waals surface area (Å²) < 4.78 is 46.5. The molecule has 0 bridgehead atoms. The lowest BCUT2D eigenvalue weighted by molar-refractivity contribution is -0.141. The minimum absolute atomic E-state index is 0.0748. The zero-order chi connectivity index (χ0) is 25.6. The van der Waals surface area contributed by atoms with Gasteiger partial charge in [-0.1, -0.05) is 0 Å². The number of aromatic nitrogens is 6. The van der Waals surface area contributed by atoms with Gasteiger partial charge in [0.2, 0.25) is 5.95 Å². The summed E-state index contributed by atoms with van der Waals surface area (Å²) in [5.41, 5.74) is 1.23. The molecule has 1 saturated heterocycles. The molecule has 0 saturated carbocycles. The third-order valence-electron chi connectivity index (χ3n) is 6.11. The van der Waals surface area contributed by atoms with Gasteiger partial charge in [0.25, 0.3) is 5.56 Å². The van der Waals surface area contributed by atoms with Crippen LogP contribution in [0.2, 0.25) is 0 Å². The topological polar surface area (TPSA) is 98.9 Å². The Morgan fingerprint density at radius 3 is 2.56 bits per heavy atom. The number of alkyl halides is 3. The van der Waals surface area contributed by atoms with Crippen molar-refractivity contribution in [1.29, 1.82) is 0 Å². The minimum Gasteiger partial charge on any atom is -0.370 e. The molecule has 4 aromatic heterocycles. The zero-order valence-corrected chi connectivity index (χ0v) is 19.7. The smallest absolute Gasteiger partial charge is 0.370 e. The molecule has 1 aliphatic heterocycles. The first kappa shape index (κ1) is 23.8. The Hall–Kier alpha value is -3.93. The molecule has 36 heavy (non-hydrogen) atoms. The number of anilines is 1. The van der Waals surface area contributed by atoms with Gasteiger partial charge in [-0.25, -0.2) is 15.0 Å². The molecule has 1 aliphatic rings. The minimum atomic E-state index is -4.57. The summed E-state index contributed by atoms with van der Waals surface area (Å²) >= 11 is 0. The number of rotatable bonds is 3. The van der Waals surface area contributed by atoms with Gasteiger partial charge in [0.05, 0.1) is 13.2 Å². The second-order valence-corrected chi connectivity index (χ2v) is 8.56. The Kier molecular flexibility index (Phi) is 5.91. The van der Waals surface area contributed by atoms with Crippen molar-refractivity contribution in [2.24, 2.45) is 7.05 Å². The molecule has 12 heteroatoms. The normalized spacial score (nSPS) is 16.5. The van der Waals surface area contributed by atoms with Gasteiger partial charge in [-0.3, -0.25) is 19.3 Å². The molecule has 4 aromatic rings. The second kappa shape index (κ2) is 8.94. The molecule has 0 aliphatic carbocycles. The van der Waals surface area contributed by atoms with Crippen molar-refractivity contribution >= 4 is 17.0 Å². The van der Waals surface area contributed by atoms with E-state index in [0.29, 0.717) is 31.1 Å². The maximum Gasteiger partial charge on any atom is 0.433 e. The lowest BCUT2D eigenvalue weighted by Gasteiger charge is -2.33. The lowest BCUT2D eigenvalue weighted by atomic mass is 10.1. The molecule has 186 valence electrons. The van der Waals surface area contributed by atoms with Crippen LogP contribution < -0.4 is 10.5 Å². The van der Waals surface area contributed by atoms with E-state index in [2.05, 4.69) is 24.9 Å². The predicted molar refractivity (Wildman–Crippen MR) is 125 cm³/mol. The zero-order valence-electron chi connectivity index (χ0n) is 19.7. The fourth-order valence-electron chi connectivity index (χ4n) is 4.09. The Labute approximate surface area is 203 Å². The number of halogens is 3. The van der Waals surface area contributed by atoms with E-state index in [1.165, 1.54) is 10.6 Å². The highest BCUT2D eigenvalue weighted by Crippen LogP contribution is 2.31. The van der Waals surface area contributed by atoms with E-state index in [1.807, 2.05) is 24.0 Å². The summed E-state index contributed by atoms with van der Waals surface area (Å²) in [7, 11) is 1.59. The van der Waals surface area contributed by atoms with E-state index < -0.39 is 11.9 Å². The Morgan fingerprint density at radius 1 is 1.06 bits per heavy atom. The molecule has 0 aromatic carbocycles. The van der Waals surface area contributed by atoms with Crippen LogP contribution in [0.3, 0.4) is 0 Å². The number of aryl methyl sites for hydroxylation is 2. The van der Waals surface area contributed by atoms with Gasteiger partial charge >= 0.3 is 6.18 Å². The summed E-state index contributed by atoms with van der Waals surface area (Å²) in [5.74, 6) is 0.684. The van der Waals surface area contributed by atoms with Crippen molar-refractivity contribution in [3.63, 3.8) is 0 Å². The molecule has 0 amide bonds. The third kappa shape index (κ3) is 4.39. The summed E-state index contributed by atoms with van der Waals surface area (Å²) in [6.45, 7) is 4.84. The quantitative estimate of drug-likeness (QED) is 0.425. The highest BCUT2D eigenvalue weighted by Gasteiger charge is 2.32. The van der Waals surface area contributed by atoms with Gasteiger partial charge in [-0.15, -0.1) is 0 Å². The van der Waals surface area contributed by atoms with Crippen molar-refractivity contribution in [2.75, 3.05) is 24.6 Å². The maximum absolute atomic E-state index is 13.1. The standard InChI is InChI=1S/C24H22F3N7O2/c1-13-10-15(6-7-28-13)17-12-34(8-9-36-17)23-31-19(16-4-5-18(29-11-16)24(25,26)27)20-21(32-23)22(35)33(3)14(2)30-20/h4-7,10-11,17H,8-9,12H2,1-3H3/t17-/m0/s1. The van der Waals surface area contributed by atoms with Gasteiger partial charge in [-0.05, 0) is 43.7 Å². The molecular weight excluding hydrogens is 475 g/mol. The van der Waals surface area contributed by atoms with Crippen LogP contribution in [0, 0.1) is 13.8 Å². The Balaban J connectivity index is 1.62. The number of nitrogens with zero attached hydrogens (tertiary/aromatic N) is 7. The summed E-state index contributed by atoms with van der Waals surface area (Å²) in [4.78, 5) is 36.5. The molecule has 1 fully saturated rings. The highest BCUT2D eigenvalue weighted by molar-refractivity contribution is 5.89. The highest BCUT2D eigenvalue weighted by atomic mass is 19.4. The molecule has 9 nitrogen and oxygen atoms in total. The van der Waals surface area contributed by atoms with E-state index in [4.69, 9.17) is 4.74 Å². The van der Waals surface area contributed by atoms with Crippen molar-refractivity contribution in [2.45, 2.75) is 26.1 Å². The average Bonchev–Trinajstić information content (AvgIpc) is 2.87. The van der Waals surface area contributed by atoms with Gasteiger partial charge in [0.1, 0.15) is 28.8 Å². The Morgan fingerprint density at radius 2 is 1.86 bits per heavy atom. The van der Waals surface area contributed by atoms with Gasteiger partial charge < -0.3 is 9.64 Å². The molecule has 0 unspecified atom stereocenters. The van der Waals surface area contributed by atoms with E-state index in [9.17, 15) is 18.0 Å². The van der Waals surface area contributed by atoms with E-state index in [0.717, 1.165) is 23.5 Å². The van der Waals surface area contributed by atoms with Crippen LogP contribution in [0.4, 0.5) is 19.1 Å². The van der Waals surface area contributed by atoms with Gasteiger partial charge in [-0.2, -0.15) is 13.2 Å². The fourth-order valence-corrected chi connectivity index (χ4v) is 4.09. The average molecular weight is 497 g/mol. The van der Waals surface area contributed by atoms with Crippen molar-refractivity contribution in [3.8, 4) is 11.3 Å². The van der Waals surface area contributed by atoms with Gasteiger partial charge in [0.15, 0.2) is 5.52 Å². The predicted octanol–water partition coefficient (Wildman–Crippen LogP) is 3.39. The molecule has 0 N–H and O–H groups in total. The number of hydrogen-bond donors (Lipinski definition) is 0. The van der Waals surface area contributed by atoms with Crippen LogP contribution in [0.5, 0.6) is 0 Å². The first-order valence-electron chi connectivity index (χ1n) is 11.2. The van der Waals surface area contributed by atoms with Gasteiger partial charge in [0, 0.05) is 37.2 Å². The summed E-state index contributed by atoms with van der Waals surface area (Å²) in [6.07, 6.45) is -2.04. The molecule has 5 rings (SSSR count). The second-order valence-electron chi connectivity index (χ2n) is 8.56. The number of hydrogen-bond acceptors (Lipinski definition) is 8. The van der Waals surface area contributed by atoms with Crippen LogP contribution in [0.15, 0.2) is 41.5 Å². The van der Waals surface area contributed by atoms with E-state index in [-0.39, 0.29) is 34.3 Å². The van der Waals surface area contributed by atoms with Crippen molar-refractivity contribution in [3.05, 3.63) is 69.8 Å². The largest absolute Gasteiger partial charge is 0.433 e. The van der Waals surface area contributed by atoms with Crippen LogP contribution in [-0.4, -0.2) is 49.2 Å². The fraction of sp³-hybridized carbons (Fsp3) is 0.333.